The van der Waals surface area contributed by atoms with Crippen molar-refractivity contribution in [1.29, 1.82) is 0 Å². The molecule has 1 atom stereocenters. The summed E-state index contributed by atoms with van der Waals surface area (Å²) in [4.78, 5) is 38.7. The number of anilines is 1. The Bertz CT molecular complexity index is 1760. The van der Waals surface area contributed by atoms with E-state index in [-0.39, 0.29) is 21.7 Å². The third kappa shape index (κ3) is 6.56. The first-order chi connectivity index (χ1) is 20.3. The van der Waals surface area contributed by atoms with Gasteiger partial charge in [-0.25, -0.2) is 25.9 Å². The summed E-state index contributed by atoms with van der Waals surface area (Å²) in [6.45, 7) is 1.75. The van der Waals surface area contributed by atoms with Gasteiger partial charge in [0.05, 0.1) is 28.0 Å². The molecule has 2 amide bonds. The normalized spacial score (nSPS) is 11.9. The third-order valence-electron chi connectivity index (χ3n) is 6.69. The summed E-state index contributed by atoms with van der Waals surface area (Å²) in [5.74, 6) is -6.91. The van der Waals surface area contributed by atoms with E-state index in [0.29, 0.717) is 16.4 Å². The number of non-ortho nitro benzene ring substituents is 1. The van der Waals surface area contributed by atoms with Crippen LogP contribution in [-0.4, -0.2) is 36.5 Å². The predicted molar refractivity (Wildman–Crippen MR) is 151 cm³/mol. The van der Waals surface area contributed by atoms with E-state index in [9.17, 15) is 41.3 Å². The van der Waals surface area contributed by atoms with Crippen LogP contribution in [0.5, 0.6) is 0 Å². The summed E-state index contributed by atoms with van der Waals surface area (Å²) >= 11 is 0. The molecule has 0 fully saturated rings. The van der Waals surface area contributed by atoms with Crippen LogP contribution in [0.25, 0.3) is 0 Å². The van der Waals surface area contributed by atoms with Crippen LogP contribution < -0.4 is 4.90 Å². The first-order valence-corrected chi connectivity index (χ1v) is 14.1. The minimum absolute atomic E-state index is 0.0210. The number of amides is 2. The monoisotopic (exact) mass is 611 g/mol. The summed E-state index contributed by atoms with van der Waals surface area (Å²) < 4.78 is 69.8. The van der Waals surface area contributed by atoms with Gasteiger partial charge in [-0.3, -0.25) is 19.7 Å². The predicted octanol–water partition coefficient (Wildman–Crippen LogP) is 5.95. The Hall–Kier alpha value is -5.04. The first-order valence-electron chi connectivity index (χ1n) is 12.7. The number of nitro benzene ring substituents is 1. The number of carbonyl (C=O) groups is 2. The molecule has 0 radical (unpaired) electrons. The molecule has 0 N–H and O–H groups in total. The molecule has 0 bridgehead atoms. The maximum absolute atomic E-state index is 14.5. The number of benzene rings is 4. The Labute approximate surface area is 245 Å². The molecule has 0 aliphatic carbocycles. The smallest absolute Gasteiger partial charge is 0.269 e. The highest BCUT2D eigenvalue weighted by molar-refractivity contribution is 7.89. The van der Waals surface area contributed by atoms with Gasteiger partial charge in [0.15, 0.2) is 17.5 Å². The third-order valence-corrected chi connectivity index (χ3v) is 8.48. The number of nitro groups is 1. The Morgan fingerprint density at radius 1 is 0.884 bits per heavy atom. The van der Waals surface area contributed by atoms with E-state index in [1.807, 2.05) is 0 Å². The van der Waals surface area contributed by atoms with Crippen LogP contribution in [0, 0.1) is 34.5 Å². The van der Waals surface area contributed by atoms with Crippen molar-refractivity contribution < 1.29 is 36.1 Å². The lowest BCUT2D eigenvalue weighted by Gasteiger charge is -2.33. The van der Waals surface area contributed by atoms with Gasteiger partial charge in [0.25, 0.3) is 21.6 Å². The molecule has 0 spiro atoms. The number of hydrogen-bond acceptors (Lipinski definition) is 6. The van der Waals surface area contributed by atoms with E-state index in [1.54, 1.807) is 25.1 Å². The molecular weight excluding hydrogens is 587 g/mol. The van der Waals surface area contributed by atoms with Crippen LogP contribution in [0.4, 0.5) is 24.5 Å². The van der Waals surface area contributed by atoms with Gasteiger partial charge in [0, 0.05) is 36.9 Å². The molecule has 0 saturated heterocycles. The highest BCUT2D eigenvalue weighted by Gasteiger charge is 2.35. The molecule has 0 aliphatic heterocycles. The van der Waals surface area contributed by atoms with Crippen molar-refractivity contribution in [3.8, 4) is 0 Å². The number of rotatable bonds is 9. The average Bonchev–Trinajstić information content (AvgIpc) is 2.99. The topological polar surface area (TPSA) is 118 Å². The highest BCUT2D eigenvalue weighted by atomic mass is 32.2. The van der Waals surface area contributed by atoms with Gasteiger partial charge in [0.1, 0.15) is 0 Å². The van der Waals surface area contributed by atoms with Crippen molar-refractivity contribution in [3.05, 3.63) is 135 Å². The van der Waals surface area contributed by atoms with Crippen LogP contribution in [0.3, 0.4) is 0 Å². The largest absolute Gasteiger partial charge is 0.300 e. The molecule has 0 aliphatic rings. The van der Waals surface area contributed by atoms with Gasteiger partial charge < -0.3 is 4.90 Å². The molecule has 13 heteroatoms. The number of hydrogen-bond donors (Lipinski definition) is 0. The van der Waals surface area contributed by atoms with Crippen LogP contribution in [0.15, 0.2) is 95.9 Å². The van der Waals surface area contributed by atoms with E-state index in [2.05, 4.69) is 0 Å². The maximum Gasteiger partial charge on any atom is 0.269 e. The summed E-state index contributed by atoms with van der Waals surface area (Å²) in [5, 5.41) is 11.3. The van der Waals surface area contributed by atoms with Gasteiger partial charge in [-0.1, -0.05) is 48.0 Å². The zero-order valence-corrected chi connectivity index (χ0v) is 23.6. The number of halogens is 3. The molecule has 9 nitrogen and oxygen atoms in total. The molecule has 0 unspecified atom stereocenters. The van der Waals surface area contributed by atoms with E-state index >= 15 is 0 Å². The highest BCUT2D eigenvalue weighted by Crippen LogP contribution is 2.35. The molecule has 0 saturated carbocycles. The SMILES string of the molecule is Cc1ccc(S(=O)(=O)N(C)C(=O)C[C@H](c2ccc([N+](=O)[O-])cc2)N(C(=O)c2ccccc2)c2cc(F)c(F)c(F)c2)cc1. The van der Waals surface area contributed by atoms with Crippen molar-refractivity contribution in [2.75, 3.05) is 11.9 Å². The van der Waals surface area contributed by atoms with E-state index < -0.39 is 62.4 Å². The molecule has 4 aromatic rings. The Morgan fingerprint density at radius 2 is 1.44 bits per heavy atom. The van der Waals surface area contributed by atoms with Crippen molar-refractivity contribution in [3.63, 3.8) is 0 Å². The minimum atomic E-state index is -4.36. The zero-order chi connectivity index (χ0) is 31.5. The van der Waals surface area contributed by atoms with Crippen LogP contribution >= 0.6 is 0 Å². The molecule has 4 aromatic carbocycles. The van der Waals surface area contributed by atoms with E-state index in [0.717, 1.165) is 29.6 Å². The number of aryl methyl sites for hydroxylation is 1. The molecule has 0 aromatic heterocycles. The van der Waals surface area contributed by atoms with Gasteiger partial charge in [-0.2, -0.15) is 0 Å². The summed E-state index contributed by atoms with van der Waals surface area (Å²) in [6, 6.07) is 17.5. The van der Waals surface area contributed by atoms with Crippen molar-refractivity contribution in [2.45, 2.75) is 24.3 Å². The minimum Gasteiger partial charge on any atom is -0.300 e. The number of sulfonamides is 1. The van der Waals surface area contributed by atoms with Crippen LogP contribution in [0.1, 0.15) is 33.9 Å². The molecule has 4 rings (SSSR count). The second kappa shape index (κ2) is 12.4. The first kappa shape index (κ1) is 30.9. The molecular formula is C30H24F3N3O6S. The Balaban J connectivity index is 1.86. The number of carbonyl (C=O) groups excluding carboxylic acids is 2. The van der Waals surface area contributed by atoms with E-state index in [1.165, 1.54) is 48.5 Å². The fourth-order valence-corrected chi connectivity index (χ4v) is 5.45. The van der Waals surface area contributed by atoms with Crippen LogP contribution in [0.2, 0.25) is 0 Å². The second-order valence-electron chi connectivity index (χ2n) is 9.51. The van der Waals surface area contributed by atoms with Crippen molar-refractivity contribution in [2.24, 2.45) is 0 Å². The summed E-state index contributed by atoms with van der Waals surface area (Å²) in [6.07, 6.45) is -0.751. The van der Waals surface area contributed by atoms with Gasteiger partial charge in [-0.05, 0) is 36.8 Å². The lowest BCUT2D eigenvalue weighted by Crippen LogP contribution is -2.40. The van der Waals surface area contributed by atoms with Gasteiger partial charge in [-0.15, -0.1) is 0 Å². The van der Waals surface area contributed by atoms with E-state index in [4.69, 9.17) is 0 Å². The standard InChI is InChI=1S/C30H24F3N3O6S/c1-19-8-14-24(15-9-19)43(41,42)34(2)28(37)18-27(20-10-12-22(13-11-20)36(39)40)35(30(38)21-6-4-3-5-7-21)23-16-25(31)29(33)26(32)17-23/h3-17,27H,18H2,1-2H3/t27-/m1/s1. The second-order valence-corrected chi connectivity index (χ2v) is 11.5. The fraction of sp³-hybridized carbons (Fsp3) is 0.133. The van der Waals surface area contributed by atoms with Crippen molar-refractivity contribution >= 4 is 33.2 Å². The lowest BCUT2D eigenvalue weighted by molar-refractivity contribution is -0.384. The Kier molecular flexibility index (Phi) is 8.95. The van der Waals surface area contributed by atoms with Crippen molar-refractivity contribution in [1.82, 2.24) is 4.31 Å². The van der Waals surface area contributed by atoms with Gasteiger partial charge >= 0.3 is 0 Å². The van der Waals surface area contributed by atoms with Crippen LogP contribution in [-0.2, 0) is 14.8 Å². The fourth-order valence-electron chi connectivity index (χ4n) is 4.31. The summed E-state index contributed by atoms with van der Waals surface area (Å²) in [7, 11) is -3.34. The maximum atomic E-state index is 14.5. The van der Waals surface area contributed by atoms with Gasteiger partial charge in [0.2, 0.25) is 5.91 Å². The Morgan fingerprint density at radius 3 is 1.98 bits per heavy atom. The molecule has 222 valence electrons. The average molecular weight is 612 g/mol. The zero-order valence-electron chi connectivity index (χ0n) is 22.8. The molecule has 43 heavy (non-hydrogen) atoms. The number of nitrogens with zero attached hydrogens (tertiary/aromatic N) is 3. The lowest BCUT2D eigenvalue weighted by atomic mass is 9.98. The summed E-state index contributed by atoms with van der Waals surface area (Å²) in [5.41, 5.74) is 0.0836. The molecule has 0 heterocycles. The quantitative estimate of drug-likeness (QED) is 0.131.